The molecule has 0 aliphatic heterocycles. The molecule has 2 rings (SSSR count). The lowest BCUT2D eigenvalue weighted by molar-refractivity contribution is -0.0744. The van der Waals surface area contributed by atoms with Crippen LogP contribution >= 0.6 is 0 Å². The molecule has 6 heteroatoms. The van der Waals surface area contributed by atoms with Gasteiger partial charge in [0.05, 0.1) is 23.5 Å². The number of benzene rings is 1. The van der Waals surface area contributed by atoms with Gasteiger partial charge in [0.2, 0.25) is 0 Å². The van der Waals surface area contributed by atoms with Gasteiger partial charge in [-0.3, -0.25) is 0 Å². The lowest BCUT2D eigenvalue weighted by Crippen LogP contribution is -2.47. The maximum absolute atomic E-state index is 12.3. The molecule has 5 atom stereocenters. The summed E-state index contributed by atoms with van der Waals surface area (Å²) in [7, 11) is -1.63. The number of rotatable bonds is 3. The van der Waals surface area contributed by atoms with Crippen molar-refractivity contribution in [2.24, 2.45) is 5.92 Å². The van der Waals surface area contributed by atoms with E-state index in [4.69, 9.17) is 5.11 Å². The monoisotopic (exact) mass is 284 g/mol. The second-order valence-electron chi connectivity index (χ2n) is 4.42. The van der Waals surface area contributed by atoms with Crippen LogP contribution in [0, 0.1) is 5.92 Å². The van der Waals surface area contributed by atoms with Crippen molar-refractivity contribution >= 4 is 10.8 Å². The Labute approximate surface area is 113 Å². The SMILES string of the molecule is O=S(C1=C[C@H](CO)[C@@H](O)[C@H](O)[C@H]1O)c1ccccc1. The minimum absolute atomic E-state index is 0.114. The maximum Gasteiger partial charge on any atom is 0.116 e. The van der Waals surface area contributed by atoms with Crippen molar-refractivity contribution in [1.29, 1.82) is 0 Å². The Morgan fingerprint density at radius 3 is 2.26 bits per heavy atom. The van der Waals surface area contributed by atoms with Gasteiger partial charge in [0.25, 0.3) is 0 Å². The Hall–Kier alpha value is -1.05. The Morgan fingerprint density at radius 1 is 1.05 bits per heavy atom. The number of aliphatic hydroxyl groups excluding tert-OH is 4. The Bertz CT molecular complexity index is 487. The lowest BCUT2D eigenvalue weighted by Gasteiger charge is -2.33. The van der Waals surface area contributed by atoms with Crippen LogP contribution in [0.4, 0.5) is 0 Å². The molecule has 19 heavy (non-hydrogen) atoms. The minimum atomic E-state index is -1.63. The van der Waals surface area contributed by atoms with Gasteiger partial charge >= 0.3 is 0 Å². The summed E-state index contributed by atoms with van der Waals surface area (Å²) in [5, 5.41) is 38.4. The van der Waals surface area contributed by atoms with Crippen molar-refractivity contribution in [3.8, 4) is 0 Å². The van der Waals surface area contributed by atoms with Gasteiger partial charge in [-0.2, -0.15) is 0 Å². The Kier molecular flexibility index (Phi) is 4.49. The van der Waals surface area contributed by atoms with Gasteiger partial charge < -0.3 is 20.4 Å². The van der Waals surface area contributed by atoms with Gasteiger partial charge in [0, 0.05) is 15.7 Å². The average molecular weight is 284 g/mol. The van der Waals surface area contributed by atoms with Crippen LogP contribution in [0.3, 0.4) is 0 Å². The fourth-order valence-corrected chi connectivity index (χ4v) is 3.36. The molecule has 0 aromatic heterocycles. The van der Waals surface area contributed by atoms with Crippen molar-refractivity contribution in [2.75, 3.05) is 6.61 Å². The Morgan fingerprint density at radius 2 is 1.68 bits per heavy atom. The molecule has 104 valence electrons. The summed E-state index contributed by atoms with van der Waals surface area (Å²) in [6.45, 7) is -0.388. The second kappa shape index (κ2) is 5.94. The summed E-state index contributed by atoms with van der Waals surface area (Å²) in [6.07, 6.45) is -2.74. The van der Waals surface area contributed by atoms with Gasteiger partial charge in [-0.1, -0.05) is 24.3 Å². The van der Waals surface area contributed by atoms with E-state index in [0.29, 0.717) is 4.90 Å². The molecule has 0 spiro atoms. The highest BCUT2D eigenvalue weighted by Crippen LogP contribution is 2.29. The molecule has 1 aliphatic rings. The van der Waals surface area contributed by atoms with E-state index in [-0.39, 0.29) is 11.5 Å². The van der Waals surface area contributed by atoms with Gasteiger partial charge in [-0.15, -0.1) is 0 Å². The quantitative estimate of drug-likeness (QED) is 0.593. The van der Waals surface area contributed by atoms with Gasteiger partial charge in [0.15, 0.2) is 0 Å². The van der Waals surface area contributed by atoms with E-state index in [2.05, 4.69) is 0 Å². The van der Waals surface area contributed by atoms with Crippen LogP contribution in [0.1, 0.15) is 0 Å². The van der Waals surface area contributed by atoms with Crippen LogP contribution in [-0.4, -0.2) is 49.6 Å². The topological polar surface area (TPSA) is 98.0 Å². The van der Waals surface area contributed by atoms with E-state index in [9.17, 15) is 19.5 Å². The lowest BCUT2D eigenvalue weighted by atomic mass is 9.89. The highest BCUT2D eigenvalue weighted by Gasteiger charge is 2.39. The summed E-state index contributed by atoms with van der Waals surface area (Å²) in [5.74, 6) is -0.735. The van der Waals surface area contributed by atoms with Crippen LogP contribution in [0.15, 0.2) is 46.2 Å². The fraction of sp³-hybridized carbons (Fsp3) is 0.385. The number of hydrogen-bond acceptors (Lipinski definition) is 5. The standard InChI is InChI=1S/C13H16O5S/c14-7-8-6-10(12(16)13(17)11(8)15)19(18)9-4-2-1-3-5-9/h1-6,8,11-17H,7H2/t8-,11-,12+,13+,19?/m1/s1. The summed E-state index contributed by atoms with van der Waals surface area (Å²) < 4.78 is 12.3. The van der Waals surface area contributed by atoms with Crippen LogP contribution in [0.5, 0.6) is 0 Å². The van der Waals surface area contributed by atoms with E-state index >= 15 is 0 Å². The summed E-state index contributed by atoms with van der Waals surface area (Å²) in [5.41, 5.74) is 0. The maximum atomic E-state index is 12.3. The average Bonchev–Trinajstić information content (AvgIpc) is 2.45. The molecule has 0 saturated heterocycles. The zero-order valence-electron chi connectivity index (χ0n) is 10.1. The summed E-state index contributed by atoms with van der Waals surface area (Å²) >= 11 is 0. The van der Waals surface area contributed by atoms with Gasteiger partial charge in [-0.05, 0) is 12.1 Å². The first kappa shape index (κ1) is 14.4. The summed E-state index contributed by atoms with van der Waals surface area (Å²) in [4.78, 5) is 0.608. The molecule has 4 N–H and O–H groups in total. The van der Waals surface area contributed by atoms with Crippen molar-refractivity contribution in [3.63, 3.8) is 0 Å². The van der Waals surface area contributed by atoms with Crippen molar-refractivity contribution in [1.82, 2.24) is 0 Å². The van der Waals surface area contributed by atoms with E-state index in [1.54, 1.807) is 30.3 Å². The van der Waals surface area contributed by atoms with E-state index in [1.165, 1.54) is 6.08 Å². The van der Waals surface area contributed by atoms with Crippen molar-refractivity contribution in [3.05, 3.63) is 41.3 Å². The molecular formula is C13H16O5S. The van der Waals surface area contributed by atoms with Gasteiger partial charge in [-0.25, -0.2) is 4.21 Å². The first-order chi connectivity index (χ1) is 9.06. The van der Waals surface area contributed by atoms with Crippen LogP contribution < -0.4 is 0 Å². The third-order valence-corrected chi connectivity index (χ3v) is 4.67. The molecule has 0 amide bonds. The third-order valence-electron chi connectivity index (χ3n) is 3.16. The van der Waals surface area contributed by atoms with E-state index < -0.39 is 35.0 Å². The minimum Gasteiger partial charge on any atom is -0.396 e. The highest BCUT2D eigenvalue weighted by atomic mass is 32.2. The smallest absolute Gasteiger partial charge is 0.116 e. The summed E-state index contributed by atoms with van der Waals surface area (Å²) in [6, 6.07) is 8.52. The van der Waals surface area contributed by atoms with E-state index in [0.717, 1.165) is 0 Å². The zero-order valence-corrected chi connectivity index (χ0v) is 10.9. The molecule has 0 fully saturated rings. The largest absolute Gasteiger partial charge is 0.396 e. The zero-order chi connectivity index (χ0) is 14.0. The number of hydrogen-bond donors (Lipinski definition) is 4. The molecule has 1 unspecified atom stereocenters. The van der Waals surface area contributed by atoms with Crippen LogP contribution in [0.25, 0.3) is 0 Å². The normalized spacial score (nSPS) is 32.7. The van der Waals surface area contributed by atoms with Gasteiger partial charge in [0.1, 0.15) is 12.2 Å². The van der Waals surface area contributed by atoms with Crippen LogP contribution in [0.2, 0.25) is 0 Å². The molecule has 0 radical (unpaired) electrons. The second-order valence-corrected chi connectivity index (χ2v) is 5.90. The molecule has 0 bridgehead atoms. The number of aliphatic hydroxyl groups is 4. The first-order valence-corrected chi connectivity index (χ1v) is 7.05. The van der Waals surface area contributed by atoms with Crippen LogP contribution in [-0.2, 0) is 10.8 Å². The molecule has 1 aliphatic carbocycles. The molecule has 0 heterocycles. The molecule has 1 aromatic rings. The molecule has 0 saturated carbocycles. The third kappa shape index (κ3) is 2.77. The molecular weight excluding hydrogens is 268 g/mol. The first-order valence-electron chi connectivity index (χ1n) is 5.90. The highest BCUT2D eigenvalue weighted by molar-refractivity contribution is 7.89. The van der Waals surface area contributed by atoms with E-state index in [1.807, 2.05) is 0 Å². The molecule has 5 nitrogen and oxygen atoms in total. The van der Waals surface area contributed by atoms with Crippen molar-refractivity contribution in [2.45, 2.75) is 23.2 Å². The Balaban J connectivity index is 2.35. The fourth-order valence-electron chi connectivity index (χ4n) is 2.03. The molecule has 1 aromatic carbocycles. The predicted octanol–water partition coefficient (Wildman–Crippen LogP) is -0.617. The van der Waals surface area contributed by atoms with Crippen molar-refractivity contribution < 1.29 is 24.6 Å². The predicted molar refractivity (Wildman–Crippen MR) is 69.5 cm³/mol.